The zero-order valence-electron chi connectivity index (χ0n) is 21.1. The van der Waals surface area contributed by atoms with Gasteiger partial charge in [-0.05, 0) is 74.4 Å². The Bertz CT molecular complexity index is 880. The molecule has 2 aromatic rings. The van der Waals surface area contributed by atoms with Crippen LogP contribution in [0.25, 0.3) is 0 Å². The molecule has 0 aromatic heterocycles. The van der Waals surface area contributed by atoms with Crippen LogP contribution in [0.1, 0.15) is 85.0 Å². The van der Waals surface area contributed by atoms with Crippen LogP contribution in [-0.2, 0) is 0 Å². The summed E-state index contributed by atoms with van der Waals surface area (Å²) in [4.78, 5) is 13.3. The summed E-state index contributed by atoms with van der Waals surface area (Å²) in [5.41, 5.74) is 5.49. The molecule has 0 radical (unpaired) electrons. The van der Waals surface area contributed by atoms with E-state index >= 15 is 0 Å². The summed E-state index contributed by atoms with van der Waals surface area (Å²) in [5, 5.41) is 0.902. The third-order valence-corrected chi connectivity index (χ3v) is 6.78. The van der Waals surface area contributed by atoms with Gasteiger partial charge in [-0.2, -0.15) is 5.30 Å². The standard InChI is InChI=1S/C27H38O3P.Li/c1-7-9-11-15-29-23-13-14-25(24(18-23)30-16-12-10-8-2)31-27(28)26-20(4)17-19(3)21(5)22(26)6;/h13-14,17-18H,7-12,15-16H2,1-6H3;/q-1;+1. The van der Waals surface area contributed by atoms with Crippen LogP contribution < -0.4 is 33.6 Å². The first kappa shape index (κ1) is 28.8. The Balaban J connectivity index is 0.00000512. The molecule has 0 atom stereocenters. The number of rotatable bonds is 13. The van der Waals surface area contributed by atoms with Crippen LogP contribution in [0, 0.1) is 27.7 Å². The zero-order chi connectivity index (χ0) is 22.8. The molecule has 0 saturated carbocycles. The van der Waals surface area contributed by atoms with E-state index in [4.69, 9.17) is 9.47 Å². The predicted molar refractivity (Wildman–Crippen MR) is 133 cm³/mol. The normalized spacial score (nSPS) is 10.9. The molecule has 0 aliphatic rings. The first-order chi connectivity index (χ1) is 14.9. The molecule has 0 fully saturated rings. The van der Waals surface area contributed by atoms with Crippen LogP contribution in [0.4, 0.5) is 0 Å². The van der Waals surface area contributed by atoms with Crippen molar-refractivity contribution in [3.05, 3.63) is 52.1 Å². The maximum atomic E-state index is 13.3. The molecule has 0 aliphatic carbocycles. The minimum atomic E-state index is 0. The topological polar surface area (TPSA) is 35.5 Å². The largest absolute Gasteiger partial charge is 1.00 e. The molecule has 0 N–H and O–H groups in total. The van der Waals surface area contributed by atoms with Gasteiger partial charge in [0.15, 0.2) is 0 Å². The summed E-state index contributed by atoms with van der Waals surface area (Å²) in [6.45, 7) is 14.0. The molecule has 5 heteroatoms. The van der Waals surface area contributed by atoms with E-state index in [0.29, 0.717) is 21.8 Å². The van der Waals surface area contributed by atoms with Gasteiger partial charge in [-0.1, -0.05) is 51.7 Å². The van der Waals surface area contributed by atoms with Crippen molar-refractivity contribution in [3.63, 3.8) is 0 Å². The average molecular weight is 449 g/mol. The van der Waals surface area contributed by atoms with Gasteiger partial charge in [0.05, 0.1) is 19.0 Å². The summed E-state index contributed by atoms with van der Waals surface area (Å²) in [6.07, 6.45) is 6.69. The summed E-state index contributed by atoms with van der Waals surface area (Å²) in [7, 11) is 0.642. The second-order valence-corrected chi connectivity index (χ2v) is 9.40. The first-order valence-corrected chi connectivity index (χ1v) is 12.5. The average Bonchev–Trinajstić information content (AvgIpc) is 2.74. The fraction of sp³-hybridized carbons (Fsp3) is 0.519. The first-order valence-electron chi connectivity index (χ1n) is 11.6. The smallest absolute Gasteiger partial charge is 0.496 e. The fourth-order valence-electron chi connectivity index (χ4n) is 3.65. The van der Waals surface area contributed by atoms with Crippen molar-refractivity contribution in [3.8, 4) is 11.5 Å². The minimum absolute atomic E-state index is 0. The van der Waals surface area contributed by atoms with Crippen LogP contribution in [0.15, 0.2) is 24.3 Å². The van der Waals surface area contributed by atoms with Gasteiger partial charge >= 0.3 is 18.9 Å². The van der Waals surface area contributed by atoms with Crippen molar-refractivity contribution in [1.82, 2.24) is 0 Å². The number of ether oxygens (including phenoxy) is 2. The van der Waals surface area contributed by atoms with E-state index in [2.05, 4.69) is 33.8 Å². The van der Waals surface area contributed by atoms with Gasteiger partial charge in [-0.3, -0.25) is 0 Å². The second kappa shape index (κ2) is 14.8. The van der Waals surface area contributed by atoms with E-state index in [9.17, 15) is 4.79 Å². The van der Waals surface area contributed by atoms with Crippen LogP contribution >= 0.6 is 8.58 Å². The van der Waals surface area contributed by atoms with Crippen LogP contribution in [0.5, 0.6) is 11.5 Å². The van der Waals surface area contributed by atoms with Crippen molar-refractivity contribution < 1.29 is 33.1 Å². The van der Waals surface area contributed by atoms with Crippen molar-refractivity contribution in [2.24, 2.45) is 0 Å². The number of aryl methyl sites for hydroxylation is 2. The number of unbranched alkanes of at least 4 members (excludes halogenated alkanes) is 4. The van der Waals surface area contributed by atoms with Gasteiger partial charge in [0.1, 0.15) is 5.75 Å². The molecule has 0 amide bonds. The molecule has 0 heterocycles. The quantitative estimate of drug-likeness (QED) is 0.258. The van der Waals surface area contributed by atoms with Gasteiger partial charge in [0.25, 0.3) is 0 Å². The van der Waals surface area contributed by atoms with Gasteiger partial charge in [0, 0.05) is 11.6 Å². The number of carbonyl (C=O) groups excluding carboxylic acids is 1. The molecular weight excluding hydrogens is 410 g/mol. The maximum Gasteiger partial charge on any atom is 1.00 e. The van der Waals surface area contributed by atoms with E-state index in [1.165, 1.54) is 24.0 Å². The third kappa shape index (κ3) is 8.26. The Kier molecular flexibility index (Phi) is 13.3. The number of hydrogen-bond acceptors (Lipinski definition) is 3. The molecule has 0 unspecified atom stereocenters. The van der Waals surface area contributed by atoms with E-state index < -0.39 is 0 Å². The molecule has 0 aliphatic heterocycles. The Morgan fingerprint density at radius 2 is 1.44 bits per heavy atom. The summed E-state index contributed by atoms with van der Waals surface area (Å²) in [6, 6.07) is 8.00. The van der Waals surface area contributed by atoms with Crippen molar-refractivity contribution in [2.75, 3.05) is 13.2 Å². The van der Waals surface area contributed by atoms with Gasteiger partial charge in [-0.15, -0.1) is 0 Å². The molecule has 3 nitrogen and oxygen atoms in total. The molecular formula is C27H38LiO3P. The Morgan fingerprint density at radius 1 is 0.812 bits per heavy atom. The van der Waals surface area contributed by atoms with E-state index in [1.54, 1.807) is 0 Å². The summed E-state index contributed by atoms with van der Waals surface area (Å²) < 4.78 is 12.0. The van der Waals surface area contributed by atoms with E-state index in [-0.39, 0.29) is 24.4 Å². The van der Waals surface area contributed by atoms with Gasteiger partial charge in [-0.25, -0.2) is 0 Å². The molecule has 0 saturated heterocycles. The van der Waals surface area contributed by atoms with Gasteiger partial charge in [0.2, 0.25) is 0 Å². The molecule has 2 aromatic carbocycles. The van der Waals surface area contributed by atoms with Crippen molar-refractivity contribution in [1.29, 1.82) is 0 Å². The predicted octanol–water partition coefficient (Wildman–Crippen LogP) is 4.47. The Labute approximate surface area is 209 Å². The third-order valence-electron chi connectivity index (χ3n) is 5.75. The fourth-order valence-corrected chi connectivity index (χ4v) is 4.71. The summed E-state index contributed by atoms with van der Waals surface area (Å²) in [5.74, 6) is 1.57. The van der Waals surface area contributed by atoms with E-state index in [0.717, 1.165) is 59.2 Å². The second-order valence-electron chi connectivity index (χ2n) is 8.29. The zero-order valence-corrected chi connectivity index (χ0v) is 22.0. The number of hydrogen-bond donors (Lipinski definition) is 0. The summed E-state index contributed by atoms with van der Waals surface area (Å²) >= 11 is 0. The van der Waals surface area contributed by atoms with E-state index in [1.807, 2.05) is 32.0 Å². The molecule has 0 bridgehead atoms. The maximum absolute atomic E-state index is 13.3. The molecule has 2 rings (SSSR count). The van der Waals surface area contributed by atoms with Crippen LogP contribution in [0.3, 0.4) is 0 Å². The SMILES string of the molecule is CCCCCOc1ccc([P-]C(=O)c2c(C)cc(C)c(C)c2C)c(OCCCCC)c1.[Li+]. The Morgan fingerprint density at radius 3 is 2.06 bits per heavy atom. The van der Waals surface area contributed by atoms with Crippen molar-refractivity contribution in [2.45, 2.75) is 80.1 Å². The monoisotopic (exact) mass is 448 g/mol. The minimum Gasteiger partial charge on any atom is -0.496 e. The van der Waals surface area contributed by atoms with Crippen LogP contribution in [-0.4, -0.2) is 18.7 Å². The van der Waals surface area contributed by atoms with Gasteiger partial charge < -0.3 is 22.8 Å². The van der Waals surface area contributed by atoms with Crippen LogP contribution in [0.2, 0.25) is 0 Å². The Hall–Kier alpha value is -1.26. The van der Waals surface area contributed by atoms with Crippen molar-refractivity contribution >= 4 is 19.4 Å². The number of carbonyl (C=O) groups is 1. The molecule has 32 heavy (non-hydrogen) atoms. The molecule has 0 spiro atoms. The number of benzene rings is 2. The molecule has 170 valence electrons.